The molecule has 1 fully saturated rings. The number of amides is 1. The number of nitrogens with zero attached hydrogens (tertiary/aromatic N) is 1. The first-order valence-electron chi connectivity index (χ1n) is 5.84. The summed E-state index contributed by atoms with van der Waals surface area (Å²) in [5, 5.41) is 0. The molecule has 0 aromatic heterocycles. The molecule has 0 aromatic rings. The van der Waals surface area contributed by atoms with Crippen molar-refractivity contribution in [3.05, 3.63) is 11.6 Å². The van der Waals surface area contributed by atoms with Crippen LogP contribution in [0.5, 0.6) is 0 Å². The highest BCUT2D eigenvalue weighted by Gasteiger charge is 2.25. The summed E-state index contributed by atoms with van der Waals surface area (Å²) in [7, 11) is 1.35. The minimum atomic E-state index is -0.336. The van der Waals surface area contributed by atoms with Gasteiger partial charge in [-0.25, -0.2) is 4.79 Å². The monoisotopic (exact) mass is 240 g/mol. The molecule has 0 saturated carbocycles. The second-order valence-electron chi connectivity index (χ2n) is 4.29. The van der Waals surface area contributed by atoms with Gasteiger partial charge in [0.1, 0.15) is 0 Å². The Labute approximate surface area is 102 Å². The summed E-state index contributed by atoms with van der Waals surface area (Å²) in [5.41, 5.74) is 5.91. The normalized spacial score (nSPS) is 22.2. The molecule has 0 radical (unpaired) electrons. The van der Waals surface area contributed by atoms with E-state index >= 15 is 0 Å². The van der Waals surface area contributed by atoms with E-state index in [2.05, 4.69) is 4.74 Å². The van der Waals surface area contributed by atoms with Gasteiger partial charge in [0.25, 0.3) is 0 Å². The van der Waals surface area contributed by atoms with E-state index in [4.69, 9.17) is 5.73 Å². The summed E-state index contributed by atoms with van der Waals surface area (Å²) in [6.45, 7) is 3.11. The molecule has 1 atom stereocenters. The second-order valence-corrected chi connectivity index (χ2v) is 4.29. The van der Waals surface area contributed by atoms with Crippen LogP contribution in [0.1, 0.15) is 26.2 Å². The fourth-order valence-corrected chi connectivity index (χ4v) is 2.03. The standard InChI is InChI=1S/C12H20N2O3/c1-9(12(16)17-2)6-8-14-7-4-3-5-10(14)11(13)15/h6,10H,3-5,7-8H2,1-2H3,(H2,13,15). The first kappa shape index (κ1) is 13.7. The Morgan fingerprint density at radius 1 is 1.47 bits per heavy atom. The van der Waals surface area contributed by atoms with Crippen molar-refractivity contribution in [2.75, 3.05) is 20.2 Å². The van der Waals surface area contributed by atoms with Gasteiger partial charge in [0, 0.05) is 12.1 Å². The van der Waals surface area contributed by atoms with E-state index < -0.39 is 0 Å². The molecule has 1 rings (SSSR count). The van der Waals surface area contributed by atoms with Crippen molar-refractivity contribution >= 4 is 11.9 Å². The van der Waals surface area contributed by atoms with Gasteiger partial charge in [-0.05, 0) is 26.3 Å². The molecule has 1 heterocycles. The lowest BCUT2D eigenvalue weighted by atomic mass is 10.0. The van der Waals surface area contributed by atoms with Crippen LogP contribution in [-0.4, -0.2) is 43.0 Å². The molecule has 2 N–H and O–H groups in total. The molecule has 0 spiro atoms. The average Bonchev–Trinajstić information content (AvgIpc) is 2.35. The zero-order valence-corrected chi connectivity index (χ0v) is 10.4. The number of esters is 1. The van der Waals surface area contributed by atoms with Crippen LogP contribution in [0.15, 0.2) is 11.6 Å². The summed E-state index contributed by atoms with van der Waals surface area (Å²) in [5.74, 6) is -0.619. The van der Waals surface area contributed by atoms with Crippen LogP contribution in [0.25, 0.3) is 0 Å². The summed E-state index contributed by atoms with van der Waals surface area (Å²) >= 11 is 0. The quantitative estimate of drug-likeness (QED) is 0.572. The number of primary amides is 1. The van der Waals surface area contributed by atoms with E-state index in [1.807, 2.05) is 4.90 Å². The topological polar surface area (TPSA) is 72.6 Å². The molecular weight excluding hydrogens is 220 g/mol. The Morgan fingerprint density at radius 3 is 2.76 bits per heavy atom. The lowest BCUT2D eigenvalue weighted by molar-refractivity contribution is -0.136. The largest absolute Gasteiger partial charge is 0.466 e. The molecule has 5 nitrogen and oxygen atoms in total. The van der Waals surface area contributed by atoms with Crippen molar-refractivity contribution in [3.63, 3.8) is 0 Å². The fraction of sp³-hybridized carbons (Fsp3) is 0.667. The van der Waals surface area contributed by atoms with Crippen LogP contribution in [-0.2, 0) is 14.3 Å². The van der Waals surface area contributed by atoms with E-state index in [0.717, 1.165) is 25.8 Å². The SMILES string of the molecule is COC(=O)C(C)=CCN1CCCCC1C(N)=O. The maximum Gasteiger partial charge on any atom is 0.333 e. The Balaban J connectivity index is 2.59. The van der Waals surface area contributed by atoms with Crippen molar-refractivity contribution in [1.29, 1.82) is 0 Å². The summed E-state index contributed by atoms with van der Waals surface area (Å²) in [4.78, 5) is 24.5. The average molecular weight is 240 g/mol. The van der Waals surface area contributed by atoms with Crippen molar-refractivity contribution in [2.45, 2.75) is 32.2 Å². The Morgan fingerprint density at radius 2 is 2.18 bits per heavy atom. The molecule has 1 amide bonds. The molecule has 1 aliphatic heterocycles. The summed E-state index contributed by atoms with van der Waals surface area (Å²) in [6, 6.07) is -0.203. The van der Waals surface area contributed by atoms with Gasteiger partial charge in [0.05, 0.1) is 13.2 Å². The predicted octanol–water partition coefficient (Wildman–Crippen LogP) is 0.445. The smallest absolute Gasteiger partial charge is 0.333 e. The maximum atomic E-state index is 11.3. The highest BCUT2D eigenvalue weighted by Crippen LogP contribution is 2.16. The third-order valence-corrected chi connectivity index (χ3v) is 3.08. The molecular formula is C12H20N2O3. The number of carbonyl (C=O) groups is 2. The van der Waals surface area contributed by atoms with Crippen LogP contribution >= 0.6 is 0 Å². The van der Waals surface area contributed by atoms with Crippen molar-refractivity contribution in [3.8, 4) is 0 Å². The van der Waals surface area contributed by atoms with E-state index in [1.54, 1.807) is 13.0 Å². The number of hydrogen-bond donors (Lipinski definition) is 1. The number of carbonyl (C=O) groups excluding carboxylic acids is 2. The minimum absolute atomic E-state index is 0.203. The van der Waals surface area contributed by atoms with Crippen LogP contribution < -0.4 is 5.73 Å². The van der Waals surface area contributed by atoms with Gasteiger partial charge in [-0.15, -0.1) is 0 Å². The predicted molar refractivity (Wildman–Crippen MR) is 64.2 cm³/mol. The minimum Gasteiger partial charge on any atom is -0.466 e. The number of ether oxygens (including phenoxy) is 1. The van der Waals surface area contributed by atoms with Crippen molar-refractivity contribution < 1.29 is 14.3 Å². The molecule has 0 aliphatic carbocycles. The zero-order chi connectivity index (χ0) is 12.8. The molecule has 5 heteroatoms. The highest BCUT2D eigenvalue weighted by atomic mass is 16.5. The first-order valence-corrected chi connectivity index (χ1v) is 5.84. The van der Waals surface area contributed by atoms with Gasteiger partial charge < -0.3 is 10.5 Å². The van der Waals surface area contributed by atoms with Gasteiger partial charge in [-0.1, -0.05) is 12.5 Å². The van der Waals surface area contributed by atoms with Crippen LogP contribution in [0.4, 0.5) is 0 Å². The number of likely N-dealkylation sites (tertiary alicyclic amines) is 1. The molecule has 1 saturated heterocycles. The van der Waals surface area contributed by atoms with E-state index in [1.165, 1.54) is 7.11 Å². The van der Waals surface area contributed by atoms with Crippen LogP contribution in [0, 0.1) is 0 Å². The van der Waals surface area contributed by atoms with E-state index in [0.29, 0.717) is 12.1 Å². The second kappa shape index (κ2) is 6.39. The van der Waals surface area contributed by atoms with Gasteiger partial charge in [0.15, 0.2) is 0 Å². The number of hydrogen-bond acceptors (Lipinski definition) is 4. The Bertz CT molecular complexity index is 326. The zero-order valence-electron chi connectivity index (χ0n) is 10.4. The van der Waals surface area contributed by atoms with Crippen molar-refractivity contribution in [1.82, 2.24) is 4.90 Å². The lowest BCUT2D eigenvalue weighted by Crippen LogP contribution is -2.47. The van der Waals surface area contributed by atoms with Crippen molar-refractivity contribution in [2.24, 2.45) is 5.73 Å². The molecule has 0 aromatic carbocycles. The Hall–Kier alpha value is -1.36. The van der Waals surface area contributed by atoms with Gasteiger partial charge in [-0.2, -0.15) is 0 Å². The van der Waals surface area contributed by atoms with Crippen LogP contribution in [0.3, 0.4) is 0 Å². The molecule has 96 valence electrons. The van der Waals surface area contributed by atoms with Crippen LogP contribution in [0.2, 0.25) is 0 Å². The Kier molecular flexibility index (Phi) is 5.15. The number of rotatable bonds is 4. The maximum absolute atomic E-state index is 11.3. The summed E-state index contributed by atoms with van der Waals surface area (Å²) < 4.78 is 4.61. The fourth-order valence-electron chi connectivity index (χ4n) is 2.03. The van der Waals surface area contributed by atoms with Gasteiger partial charge in [-0.3, -0.25) is 9.69 Å². The third-order valence-electron chi connectivity index (χ3n) is 3.08. The molecule has 0 bridgehead atoms. The molecule has 1 aliphatic rings. The number of piperidine rings is 1. The third kappa shape index (κ3) is 3.85. The van der Waals surface area contributed by atoms with Gasteiger partial charge >= 0.3 is 5.97 Å². The lowest BCUT2D eigenvalue weighted by Gasteiger charge is -2.32. The van der Waals surface area contributed by atoms with Gasteiger partial charge in [0.2, 0.25) is 5.91 Å². The molecule has 17 heavy (non-hydrogen) atoms. The summed E-state index contributed by atoms with van der Waals surface area (Å²) in [6.07, 6.45) is 4.69. The number of nitrogens with two attached hydrogens (primary N) is 1. The highest BCUT2D eigenvalue weighted by molar-refractivity contribution is 5.87. The van der Waals surface area contributed by atoms with E-state index in [9.17, 15) is 9.59 Å². The van der Waals surface area contributed by atoms with E-state index in [-0.39, 0.29) is 17.9 Å². The number of methoxy groups -OCH3 is 1. The first-order chi connectivity index (χ1) is 8.06. The molecule has 1 unspecified atom stereocenters.